The van der Waals surface area contributed by atoms with Crippen molar-refractivity contribution in [1.82, 2.24) is 25.8 Å². The lowest BCUT2D eigenvalue weighted by Crippen LogP contribution is -2.49. The van der Waals surface area contributed by atoms with Crippen LogP contribution in [0, 0.1) is 5.82 Å². The lowest BCUT2D eigenvalue weighted by atomic mass is 10.1. The molecule has 1 aliphatic carbocycles. The molecule has 0 spiro atoms. The number of H-pyrrole nitrogens is 1. The standard InChI is InChI=1S/C22H18F4N6O3/c23-13-1-4-17(16(8-13)22(24,25)26)30-15-3-2-14(27-11-15)10-28-20(35)21(5-6-21)31-19(34)12-7-18(33)32-29-9-12/h1-4,7-9,11,30H,5-6,10H2,(H,28,35)(H,31,34)(H,32,33). The number of aromatic nitrogens is 3. The summed E-state index contributed by atoms with van der Waals surface area (Å²) in [6.45, 7) is 0.00758. The monoisotopic (exact) mass is 490 g/mol. The highest BCUT2D eigenvalue weighted by atomic mass is 19.4. The van der Waals surface area contributed by atoms with Crippen LogP contribution in [0.1, 0.15) is 34.5 Å². The number of alkyl halides is 3. The number of hydrogen-bond donors (Lipinski definition) is 4. The van der Waals surface area contributed by atoms with E-state index in [0.717, 1.165) is 18.2 Å². The van der Waals surface area contributed by atoms with Gasteiger partial charge in [0.15, 0.2) is 0 Å². The molecule has 4 N–H and O–H groups in total. The molecule has 0 unspecified atom stereocenters. The molecule has 0 aliphatic heterocycles. The molecule has 3 aromatic rings. The first-order valence-electron chi connectivity index (χ1n) is 10.3. The van der Waals surface area contributed by atoms with E-state index in [2.05, 4.69) is 31.1 Å². The van der Waals surface area contributed by atoms with Crippen LogP contribution < -0.4 is 21.5 Å². The van der Waals surface area contributed by atoms with Crippen LogP contribution in [0.3, 0.4) is 0 Å². The number of nitrogens with zero attached hydrogens (tertiary/aromatic N) is 2. The van der Waals surface area contributed by atoms with Gasteiger partial charge in [0.25, 0.3) is 11.5 Å². The summed E-state index contributed by atoms with van der Waals surface area (Å²) >= 11 is 0. The molecular formula is C22H18F4N6O3. The number of rotatable bonds is 7. The zero-order valence-electron chi connectivity index (χ0n) is 17.9. The molecule has 1 aliphatic rings. The Morgan fingerprint density at radius 1 is 1.09 bits per heavy atom. The maximum absolute atomic E-state index is 13.3. The number of anilines is 2. The van der Waals surface area contributed by atoms with Crippen LogP contribution >= 0.6 is 0 Å². The van der Waals surface area contributed by atoms with Crippen LogP contribution in [0.15, 0.2) is 53.6 Å². The number of carbonyl (C=O) groups is 2. The van der Waals surface area contributed by atoms with Gasteiger partial charge in [-0.05, 0) is 43.2 Å². The van der Waals surface area contributed by atoms with Gasteiger partial charge in [0.1, 0.15) is 11.4 Å². The summed E-state index contributed by atoms with van der Waals surface area (Å²) in [7, 11) is 0. The first-order chi connectivity index (χ1) is 16.6. The van der Waals surface area contributed by atoms with Crippen LogP contribution in [0.4, 0.5) is 28.9 Å². The molecule has 35 heavy (non-hydrogen) atoms. The van der Waals surface area contributed by atoms with E-state index in [0.29, 0.717) is 24.6 Å². The van der Waals surface area contributed by atoms with Gasteiger partial charge in [-0.15, -0.1) is 0 Å². The second kappa shape index (κ2) is 9.16. The summed E-state index contributed by atoms with van der Waals surface area (Å²) in [5.41, 5.74) is -2.46. The maximum atomic E-state index is 13.3. The third kappa shape index (κ3) is 5.62. The van der Waals surface area contributed by atoms with Crippen molar-refractivity contribution >= 4 is 23.2 Å². The highest BCUT2D eigenvalue weighted by Crippen LogP contribution is 2.37. The average Bonchev–Trinajstić information content (AvgIpc) is 3.59. The topological polar surface area (TPSA) is 129 Å². The fourth-order valence-corrected chi connectivity index (χ4v) is 3.28. The van der Waals surface area contributed by atoms with Gasteiger partial charge in [0.05, 0.1) is 47.1 Å². The Kier molecular flexibility index (Phi) is 6.24. The smallest absolute Gasteiger partial charge is 0.354 e. The third-order valence-corrected chi connectivity index (χ3v) is 5.29. The zero-order chi connectivity index (χ0) is 25.2. The van der Waals surface area contributed by atoms with Crippen molar-refractivity contribution in [2.24, 2.45) is 0 Å². The molecule has 2 aromatic heterocycles. The normalized spacial score (nSPS) is 14.2. The summed E-state index contributed by atoms with van der Waals surface area (Å²) in [6, 6.07) is 6.33. The summed E-state index contributed by atoms with van der Waals surface area (Å²) in [4.78, 5) is 40.4. The minimum absolute atomic E-state index is 0.00758. The quantitative estimate of drug-likeness (QED) is 0.377. The third-order valence-electron chi connectivity index (χ3n) is 5.29. The first kappa shape index (κ1) is 23.9. The van der Waals surface area contributed by atoms with Crippen LogP contribution in [0.25, 0.3) is 0 Å². The van der Waals surface area contributed by atoms with E-state index < -0.39 is 40.5 Å². The molecule has 1 aromatic carbocycles. The number of carbonyl (C=O) groups excluding carboxylic acids is 2. The number of halogens is 4. The molecule has 0 saturated heterocycles. The van der Waals surface area contributed by atoms with E-state index in [9.17, 15) is 31.9 Å². The molecule has 13 heteroatoms. The number of benzene rings is 1. The lowest BCUT2D eigenvalue weighted by molar-refractivity contribution is -0.137. The van der Waals surface area contributed by atoms with Crippen molar-refractivity contribution in [1.29, 1.82) is 0 Å². The molecule has 182 valence electrons. The van der Waals surface area contributed by atoms with Gasteiger partial charge in [0.2, 0.25) is 5.91 Å². The molecule has 1 saturated carbocycles. The van der Waals surface area contributed by atoms with Gasteiger partial charge in [-0.3, -0.25) is 19.4 Å². The number of amides is 2. The summed E-state index contributed by atoms with van der Waals surface area (Å²) in [5.74, 6) is -2.05. The number of hydrogen-bond acceptors (Lipinski definition) is 6. The van der Waals surface area contributed by atoms with Gasteiger partial charge >= 0.3 is 6.18 Å². The van der Waals surface area contributed by atoms with Crippen molar-refractivity contribution in [3.8, 4) is 0 Å². The minimum atomic E-state index is -4.75. The largest absolute Gasteiger partial charge is 0.418 e. The van der Waals surface area contributed by atoms with E-state index >= 15 is 0 Å². The fourth-order valence-electron chi connectivity index (χ4n) is 3.28. The van der Waals surface area contributed by atoms with Gasteiger partial charge in [-0.2, -0.15) is 18.3 Å². The maximum Gasteiger partial charge on any atom is 0.418 e. The molecule has 4 rings (SSSR count). The van der Waals surface area contributed by atoms with E-state index in [4.69, 9.17) is 0 Å². The highest BCUT2D eigenvalue weighted by Gasteiger charge is 2.51. The second-order valence-corrected chi connectivity index (χ2v) is 7.90. The zero-order valence-corrected chi connectivity index (χ0v) is 17.9. The van der Waals surface area contributed by atoms with Crippen molar-refractivity contribution in [2.45, 2.75) is 31.1 Å². The van der Waals surface area contributed by atoms with Crippen molar-refractivity contribution in [3.05, 3.63) is 81.8 Å². The highest BCUT2D eigenvalue weighted by molar-refractivity contribution is 6.00. The molecule has 1 fully saturated rings. The van der Waals surface area contributed by atoms with Crippen LogP contribution in [-0.2, 0) is 17.5 Å². The Labute approximate surface area is 195 Å². The van der Waals surface area contributed by atoms with E-state index in [1.54, 1.807) is 0 Å². The van der Waals surface area contributed by atoms with Crippen molar-refractivity contribution in [2.75, 3.05) is 5.32 Å². The Morgan fingerprint density at radius 2 is 1.86 bits per heavy atom. The van der Waals surface area contributed by atoms with Crippen LogP contribution in [-0.4, -0.2) is 32.5 Å². The van der Waals surface area contributed by atoms with Crippen molar-refractivity contribution in [3.63, 3.8) is 0 Å². The Balaban J connectivity index is 1.35. The van der Waals surface area contributed by atoms with E-state index in [1.807, 2.05) is 0 Å². The number of nitrogens with one attached hydrogen (secondary N) is 4. The lowest BCUT2D eigenvalue weighted by Gasteiger charge is -2.17. The molecule has 9 nitrogen and oxygen atoms in total. The molecule has 2 amide bonds. The van der Waals surface area contributed by atoms with Crippen LogP contribution in [0.5, 0.6) is 0 Å². The Morgan fingerprint density at radius 3 is 2.49 bits per heavy atom. The predicted octanol–water partition coefficient (Wildman–Crippen LogP) is 2.65. The second-order valence-electron chi connectivity index (χ2n) is 7.90. The Hall–Kier alpha value is -4.29. The minimum Gasteiger partial charge on any atom is -0.354 e. The van der Waals surface area contributed by atoms with Gasteiger partial charge in [-0.25, -0.2) is 9.49 Å². The molecular weight excluding hydrogens is 472 g/mol. The molecule has 0 atom stereocenters. The van der Waals surface area contributed by atoms with E-state index in [-0.39, 0.29) is 23.5 Å². The van der Waals surface area contributed by atoms with E-state index in [1.165, 1.54) is 24.5 Å². The average molecular weight is 490 g/mol. The van der Waals surface area contributed by atoms with Crippen molar-refractivity contribution < 1.29 is 27.2 Å². The molecule has 0 radical (unpaired) electrons. The number of pyridine rings is 1. The molecule has 2 heterocycles. The van der Waals surface area contributed by atoms with Crippen LogP contribution in [0.2, 0.25) is 0 Å². The fraction of sp³-hybridized carbons (Fsp3) is 0.227. The first-order valence-corrected chi connectivity index (χ1v) is 10.3. The Bertz CT molecular complexity index is 1320. The van der Waals surface area contributed by atoms with Gasteiger partial charge < -0.3 is 16.0 Å². The summed E-state index contributed by atoms with van der Waals surface area (Å²) < 4.78 is 52.7. The summed E-state index contributed by atoms with van der Waals surface area (Å²) in [6.07, 6.45) is -1.47. The van der Waals surface area contributed by atoms with Gasteiger partial charge in [-0.1, -0.05) is 0 Å². The predicted molar refractivity (Wildman–Crippen MR) is 115 cm³/mol. The molecule has 0 bridgehead atoms. The SMILES string of the molecule is O=C(NC1(C(=O)NCc2ccc(Nc3ccc(F)cc3C(F)(F)F)cn2)CC1)c1cn[nH]c(=O)c1. The van der Waals surface area contributed by atoms with Gasteiger partial charge in [0, 0.05) is 6.07 Å². The summed E-state index contributed by atoms with van der Waals surface area (Å²) in [5, 5.41) is 13.5. The number of aromatic amines is 1.